The van der Waals surface area contributed by atoms with Gasteiger partial charge >= 0.3 is 11.9 Å². The van der Waals surface area contributed by atoms with Crippen LogP contribution in [0.15, 0.2) is 184 Å². The fraction of sp³-hybridized carbons (Fsp3) is 0.160. The fourth-order valence-electron chi connectivity index (χ4n) is 8.00. The summed E-state index contributed by atoms with van der Waals surface area (Å²) >= 11 is 4.05. The third-order valence-corrected chi connectivity index (χ3v) is 14.5. The molecule has 15 heteroatoms. The van der Waals surface area contributed by atoms with Crippen molar-refractivity contribution in [2.24, 2.45) is 5.16 Å². The van der Waals surface area contributed by atoms with Crippen molar-refractivity contribution >= 4 is 69.5 Å². The molecule has 0 saturated carbocycles. The minimum Gasteiger partial charge on any atom is -0.458 e. The number of rotatable bonds is 16. The van der Waals surface area contributed by atoms with E-state index in [1.54, 1.807) is 5.38 Å². The SMILES string of the molecule is CO/N=C(\C(=O)N[C@@H]1C(=O)N2C(C(=O)OC(c3ccccc3)c3ccccc3)=C(SCC3=CC(=O)OC3)CS[C@@H]12)c1csc(NC(c2ccccc2)(c2ccccc2)c2ccccc2)n1. The molecule has 1 fully saturated rings. The van der Waals surface area contributed by atoms with Crippen LogP contribution in [0.4, 0.5) is 5.13 Å². The molecule has 0 spiro atoms. The lowest BCUT2D eigenvalue weighted by atomic mass is 9.77. The Morgan fingerprint density at radius 2 is 1.40 bits per heavy atom. The van der Waals surface area contributed by atoms with E-state index in [1.807, 2.05) is 115 Å². The van der Waals surface area contributed by atoms with E-state index < -0.39 is 46.8 Å². The minimum atomic E-state index is -1.01. The Balaban J connectivity index is 0.979. The van der Waals surface area contributed by atoms with E-state index in [9.17, 15) is 19.2 Å². The van der Waals surface area contributed by atoms with E-state index in [2.05, 4.69) is 52.2 Å². The standard InChI is InChI=1S/C50H41N5O7S3/c1-60-54-41(38-30-65-49(51-38)53-50(35-21-11-4-12-22-35,36-23-13-5-14-24-36)37-25-15-6-16-26-37)45(57)52-42-46(58)55-43(39(31-64-47(42)55)63-29-32-27-40(56)61-28-32)48(59)62-44(33-17-7-2-8-18-33)34-19-9-3-10-20-34/h2-27,30,42,44,47H,28-29,31H2,1H3,(H,51,53)(H,52,57)/b54-41-/t42-,47+/m1/s1. The number of anilines is 1. The highest BCUT2D eigenvalue weighted by atomic mass is 32.2. The predicted octanol–water partition coefficient (Wildman–Crippen LogP) is 8.06. The van der Waals surface area contributed by atoms with Crippen LogP contribution in [0.2, 0.25) is 0 Å². The van der Waals surface area contributed by atoms with E-state index in [0.717, 1.165) is 33.4 Å². The van der Waals surface area contributed by atoms with Gasteiger partial charge in [0.05, 0.1) is 0 Å². The van der Waals surface area contributed by atoms with Crippen molar-refractivity contribution in [2.45, 2.75) is 23.1 Å². The molecule has 4 heterocycles. The van der Waals surface area contributed by atoms with E-state index in [-0.39, 0.29) is 23.7 Å². The second-order valence-corrected chi connectivity index (χ2v) is 18.1. The average Bonchev–Trinajstić information content (AvgIpc) is 4.01. The Morgan fingerprint density at radius 3 is 1.92 bits per heavy atom. The Labute approximate surface area is 387 Å². The summed E-state index contributed by atoms with van der Waals surface area (Å²) in [6, 6.07) is 48.0. The molecule has 6 aromatic rings. The zero-order valence-corrected chi connectivity index (χ0v) is 37.3. The second kappa shape index (κ2) is 19.4. The van der Waals surface area contributed by atoms with Gasteiger partial charge in [-0.2, -0.15) is 0 Å². The molecule has 2 amide bonds. The summed E-state index contributed by atoms with van der Waals surface area (Å²) in [4.78, 5) is 66.9. The maximum absolute atomic E-state index is 14.5. The second-order valence-electron chi connectivity index (χ2n) is 15.1. The van der Waals surface area contributed by atoms with Gasteiger partial charge in [-0.05, 0) is 33.4 Å². The van der Waals surface area contributed by atoms with Gasteiger partial charge in [-0.1, -0.05) is 157 Å². The van der Waals surface area contributed by atoms with Crippen LogP contribution in [0.1, 0.15) is 39.6 Å². The van der Waals surface area contributed by atoms with Gasteiger partial charge in [-0.15, -0.1) is 34.9 Å². The lowest BCUT2D eigenvalue weighted by Crippen LogP contribution is -2.71. The molecule has 0 unspecified atom stereocenters. The molecule has 3 aliphatic rings. The van der Waals surface area contributed by atoms with E-state index >= 15 is 0 Å². The number of ether oxygens (including phenoxy) is 2. The summed E-state index contributed by atoms with van der Waals surface area (Å²) in [6.45, 7) is 0.158. The van der Waals surface area contributed by atoms with Crippen LogP contribution in [0.3, 0.4) is 0 Å². The van der Waals surface area contributed by atoms with Crippen LogP contribution in [-0.2, 0) is 39.0 Å². The summed E-state index contributed by atoms with van der Waals surface area (Å²) < 4.78 is 11.4. The molecule has 326 valence electrons. The Kier molecular flexibility index (Phi) is 13.0. The number of amides is 2. The van der Waals surface area contributed by atoms with Crippen LogP contribution < -0.4 is 10.6 Å². The molecule has 1 saturated heterocycles. The summed E-state index contributed by atoms with van der Waals surface area (Å²) in [7, 11) is 1.33. The fourth-order valence-corrected chi connectivity index (χ4v) is 11.3. The van der Waals surface area contributed by atoms with Crippen LogP contribution in [0.25, 0.3) is 0 Å². The van der Waals surface area contributed by atoms with Gasteiger partial charge in [0.25, 0.3) is 11.8 Å². The van der Waals surface area contributed by atoms with Crippen molar-refractivity contribution in [3.63, 3.8) is 0 Å². The first-order chi connectivity index (χ1) is 31.8. The molecule has 2 N–H and O–H groups in total. The highest BCUT2D eigenvalue weighted by molar-refractivity contribution is 8.06. The number of carbonyl (C=O) groups excluding carboxylic acids is 4. The maximum atomic E-state index is 14.5. The number of carbonyl (C=O) groups is 4. The van der Waals surface area contributed by atoms with Gasteiger partial charge in [0.15, 0.2) is 16.9 Å². The first-order valence-electron chi connectivity index (χ1n) is 20.6. The number of oxime groups is 1. The quantitative estimate of drug-likeness (QED) is 0.0320. The zero-order valence-electron chi connectivity index (χ0n) is 34.9. The number of aromatic nitrogens is 1. The van der Waals surface area contributed by atoms with Gasteiger partial charge in [-0.3, -0.25) is 14.5 Å². The van der Waals surface area contributed by atoms with Crippen molar-refractivity contribution < 1.29 is 33.5 Å². The number of nitrogens with zero attached hydrogens (tertiary/aromatic N) is 3. The number of thiazole rings is 1. The number of nitrogens with one attached hydrogen (secondary N) is 2. The summed E-state index contributed by atoms with van der Waals surface area (Å²) in [5, 5.41) is 12.3. The molecule has 0 aliphatic carbocycles. The predicted molar refractivity (Wildman–Crippen MR) is 253 cm³/mol. The summed E-state index contributed by atoms with van der Waals surface area (Å²) in [5.74, 6) is -1.57. The van der Waals surface area contributed by atoms with E-state index in [4.69, 9.17) is 19.3 Å². The Hall–Kier alpha value is -6.94. The van der Waals surface area contributed by atoms with Crippen LogP contribution >= 0.6 is 34.9 Å². The number of cyclic esters (lactones) is 1. The molecule has 1 aromatic heterocycles. The monoisotopic (exact) mass is 919 g/mol. The van der Waals surface area contributed by atoms with Crippen molar-refractivity contribution in [3.8, 4) is 0 Å². The molecule has 12 nitrogen and oxygen atoms in total. The van der Waals surface area contributed by atoms with E-state index in [0.29, 0.717) is 21.5 Å². The smallest absolute Gasteiger partial charge is 0.356 e. The van der Waals surface area contributed by atoms with Gasteiger partial charge in [0.2, 0.25) is 0 Å². The first kappa shape index (κ1) is 43.3. The van der Waals surface area contributed by atoms with Gasteiger partial charge < -0.3 is 24.9 Å². The zero-order chi connectivity index (χ0) is 44.8. The van der Waals surface area contributed by atoms with Crippen LogP contribution in [-0.4, -0.2) is 76.0 Å². The van der Waals surface area contributed by atoms with Crippen LogP contribution in [0.5, 0.6) is 0 Å². The lowest BCUT2D eigenvalue weighted by molar-refractivity contribution is -0.154. The Bertz CT molecular complexity index is 2650. The van der Waals surface area contributed by atoms with Crippen LogP contribution in [0, 0.1) is 0 Å². The third-order valence-electron chi connectivity index (χ3n) is 11.1. The number of benzene rings is 5. The summed E-state index contributed by atoms with van der Waals surface area (Å²) in [5.41, 5.74) is 4.53. The minimum absolute atomic E-state index is 0.0942. The molecule has 3 aliphatic heterocycles. The average molecular weight is 920 g/mol. The number of thioether (sulfide) groups is 2. The molecular formula is C50H41N5O7S3. The number of esters is 2. The van der Waals surface area contributed by atoms with Gasteiger partial charge in [-0.25, -0.2) is 14.6 Å². The number of fused-ring (bicyclic) bond motifs is 1. The number of hydrogen-bond acceptors (Lipinski definition) is 13. The summed E-state index contributed by atoms with van der Waals surface area (Å²) in [6.07, 6.45) is 0.675. The Morgan fingerprint density at radius 1 is 0.846 bits per heavy atom. The molecule has 0 radical (unpaired) electrons. The first-order valence-corrected chi connectivity index (χ1v) is 23.6. The third kappa shape index (κ3) is 8.95. The molecule has 5 aromatic carbocycles. The largest absolute Gasteiger partial charge is 0.458 e. The van der Waals surface area contributed by atoms with Crippen molar-refractivity contribution in [1.29, 1.82) is 0 Å². The van der Waals surface area contributed by atoms with Gasteiger partial charge in [0, 0.05) is 27.9 Å². The lowest BCUT2D eigenvalue weighted by Gasteiger charge is -2.49. The highest BCUT2D eigenvalue weighted by Gasteiger charge is 2.55. The molecule has 9 rings (SSSR count). The highest BCUT2D eigenvalue weighted by Crippen LogP contribution is 2.45. The molecule has 0 bridgehead atoms. The van der Waals surface area contributed by atoms with Crippen molar-refractivity contribution in [3.05, 3.63) is 213 Å². The number of hydrogen-bond donors (Lipinski definition) is 2. The number of β-lactam (4-membered cyclic amide) rings is 1. The molecular weight excluding hydrogens is 879 g/mol. The van der Waals surface area contributed by atoms with Crippen molar-refractivity contribution in [1.82, 2.24) is 15.2 Å². The molecule has 2 atom stereocenters. The van der Waals surface area contributed by atoms with Crippen molar-refractivity contribution in [2.75, 3.05) is 30.5 Å². The maximum Gasteiger partial charge on any atom is 0.356 e. The molecule has 65 heavy (non-hydrogen) atoms. The van der Waals surface area contributed by atoms with E-state index in [1.165, 1.54) is 52.9 Å². The topological polar surface area (TPSA) is 149 Å². The normalized spacial score (nSPS) is 17.2. The van der Waals surface area contributed by atoms with Gasteiger partial charge in [0.1, 0.15) is 42.1 Å².